The van der Waals surface area contributed by atoms with Crippen LogP contribution >= 0.6 is 0 Å². The minimum absolute atomic E-state index is 0.0298. The van der Waals surface area contributed by atoms with E-state index in [0.717, 1.165) is 18.4 Å². The molecule has 2 aromatic carbocycles. The molecule has 3 saturated heterocycles. The first kappa shape index (κ1) is 32.6. The van der Waals surface area contributed by atoms with E-state index in [1.807, 2.05) is 0 Å². The van der Waals surface area contributed by atoms with Gasteiger partial charge in [0.25, 0.3) is 0 Å². The summed E-state index contributed by atoms with van der Waals surface area (Å²) in [5.74, 6) is 0.863. The van der Waals surface area contributed by atoms with Gasteiger partial charge in [-0.3, -0.25) is 10.1 Å². The van der Waals surface area contributed by atoms with Crippen LogP contribution in [0.15, 0.2) is 53.4 Å². The van der Waals surface area contributed by atoms with Gasteiger partial charge in [-0.25, -0.2) is 8.42 Å². The third-order valence-corrected chi connectivity index (χ3v) is 10.7. The van der Waals surface area contributed by atoms with Crippen molar-refractivity contribution in [2.75, 3.05) is 53.2 Å². The molecule has 2 aromatic rings. The summed E-state index contributed by atoms with van der Waals surface area (Å²) in [6.07, 6.45) is 1.92. The first-order valence-corrected chi connectivity index (χ1v) is 16.6. The fraction of sp³-hybridized carbons (Fsp3) is 0.581. The zero-order chi connectivity index (χ0) is 31.1. The Morgan fingerprint density at radius 2 is 1.82 bits per heavy atom. The highest BCUT2D eigenvalue weighted by Gasteiger charge is 2.42. The molecule has 13 heteroatoms. The SMILES string of the molecule is COc1ccc(S(=O)(=O)N(CC2CCN(C=O)CC2)C[C@@H](O)[C@H](Cc2ccc(O)cc2)NCOC2CO[C@H]3OCC[C@@H]23)cc1. The Kier molecular flexibility index (Phi) is 11.1. The lowest BCUT2D eigenvalue weighted by Crippen LogP contribution is -2.51. The molecular weight excluding hydrogens is 590 g/mol. The fourth-order valence-electron chi connectivity index (χ4n) is 6.12. The van der Waals surface area contributed by atoms with E-state index >= 15 is 0 Å². The molecule has 12 nitrogen and oxygen atoms in total. The highest BCUT2D eigenvalue weighted by atomic mass is 32.2. The molecule has 0 aliphatic carbocycles. The van der Waals surface area contributed by atoms with E-state index in [4.69, 9.17) is 18.9 Å². The summed E-state index contributed by atoms with van der Waals surface area (Å²) >= 11 is 0. The van der Waals surface area contributed by atoms with Crippen LogP contribution in [0.25, 0.3) is 0 Å². The van der Waals surface area contributed by atoms with Crippen molar-refractivity contribution in [3.05, 3.63) is 54.1 Å². The molecule has 0 spiro atoms. The molecule has 5 rings (SSSR count). The summed E-state index contributed by atoms with van der Waals surface area (Å²) in [7, 11) is -2.47. The number of ether oxygens (including phenoxy) is 4. The average molecular weight is 634 g/mol. The number of carbonyl (C=O) groups excluding carboxylic acids is 1. The van der Waals surface area contributed by atoms with E-state index in [-0.39, 0.29) is 54.7 Å². The highest BCUT2D eigenvalue weighted by molar-refractivity contribution is 7.89. The highest BCUT2D eigenvalue weighted by Crippen LogP contribution is 2.33. The van der Waals surface area contributed by atoms with Gasteiger partial charge in [-0.05, 0) is 73.6 Å². The molecule has 242 valence electrons. The summed E-state index contributed by atoms with van der Waals surface area (Å²) in [5.41, 5.74) is 0.860. The van der Waals surface area contributed by atoms with Crippen LogP contribution in [0.1, 0.15) is 24.8 Å². The van der Waals surface area contributed by atoms with Gasteiger partial charge in [-0.15, -0.1) is 0 Å². The van der Waals surface area contributed by atoms with Crippen molar-refractivity contribution in [1.29, 1.82) is 0 Å². The number of hydrogen-bond acceptors (Lipinski definition) is 10. The zero-order valence-electron chi connectivity index (χ0n) is 25.0. The third-order valence-electron chi connectivity index (χ3n) is 8.83. The number of hydrogen-bond donors (Lipinski definition) is 3. The number of aromatic hydroxyl groups is 1. The minimum Gasteiger partial charge on any atom is -0.508 e. The number of sulfonamides is 1. The molecule has 1 amide bonds. The van der Waals surface area contributed by atoms with Gasteiger partial charge in [0, 0.05) is 38.1 Å². The van der Waals surface area contributed by atoms with Crippen LogP contribution in [0.4, 0.5) is 0 Å². The maximum absolute atomic E-state index is 14.0. The molecule has 3 aliphatic rings. The van der Waals surface area contributed by atoms with Crippen molar-refractivity contribution in [3.63, 3.8) is 0 Å². The number of phenols is 1. The van der Waals surface area contributed by atoms with Gasteiger partial charge < -0.3 is 34.1 Å². The van der Waals surface area contributed by atoms with Gasteiger partial charge in [-0.1, -0.05) is 12.1 Å². The molecule has 0 aromatic heterocycles. The predicted molar refractivity (Wildman–Crippen MR) is 160 cm³/mol. The van der Waals surface area contributed by atoms with E-state index in [0.29, 0.717) is 51.3 Å². The third kappa shape index (κ3) is 8.08. The van der Waals surface area contributed by atoms with Crippen LogP contribution < -0.4 is 10.1 Å². The smallest absolute Gasteiger partial charge is 0.243 e. The molecule has 1 unspecified atom stereocenters. The first-order chi connectivity index (χ1) is 21.3. The van der Waals surface area contributed by atoms with Gasteiger partial charge in [0.2, 0.25) is 16.4 Å². The second-order valence-corrected chi connectivity index (χ2v) is 13.6. The summed E-state index contributed by atoms with van der Waals surface area (Å²) in [5, 5.41) is 24.7. The molecule has 0 bridgehead atoms. The topological polar surface area (TPSA) is 147 Å². The summed E-state index contributed by atoms with van der Waals surface area (Å²) in [6.45, 7) is 2.38. The Labute approximate surface area is 258 Å². The number of nitrogens with zero attached hydrogens (tertiary/aromatic N) is 2. The fourth-order valence-corrected chi connectivity index (χ4v) is 7.66. The van der Waals surface area contributed by atoms with Gasteiger partial charge in [0.1, 0.15) is 11.5 Å². The molecule has 3 fully saturated rings. The number of fused-ring (bicyclic) bond motifs is 1. The van der Waals surface area contributed by atoms with Crippen molar-refractivity contribution < 1.29 is 42.4 Å². The number of carbonyl (C=O) groups is 1. The Hall–Kier alpha value is -2.78. The number of nitrogens with one attached hydrogen (secondary N) is 1. The number of likely N-dealkylation sites (tertiary alicyclic amines) is 1. The van der Waals surface area contributed by atoms with Crippen LogP contribution in [0.3, 0.4) is 0 Å². The maximum atomic E-state index is 14.0. The lowest BCUT2D eigenvalue weighted by Gasteiger charge is -2.35. The van der Waals surface area contributed by atoms with Crippen molar-refractivity contribution in [2.45, 2.75) is 55.1 Å². The van der Waals surface area contributed by atoms with Gasteiger partial charge in [-0.2, -0.15) is 4.31 Å². The van der Waals surface area contributed by atoms with E-state index in [9.17, 15) is 23.4 Å². The number of piperidine rings is 1. The monoisotopic (exact) mass is 633 g/mol. The van der Waals surface area contributed by atoms with Crippen LogP contribution in [0.2, 0.25) is 0 Å². The van der Waals surface area contributed by atoms with Crippen LogP contribution in [0.5, 0.6) is 11.5 Å². The van der Waals surface area contributed by atoms with Crippen molar-refractivity contribution in [3.8, 4) is 11.5 Å². The summed E-state index contributed by atoms with van der Waals surface area (Å²) < 4.78 is 51.9. The molecule has 0 saturated carbocycles. The minimum atomic E-state index is -3.98. The van der Waals surface area contributed by atoms with Gasteiger partial charge in [0.15, 0.2) is 6.29 Å². The van der Waals surface area contributed by atoms with E-state index in [1.54, 1.807) is 41.3 Å². The largest absolute Gasteiger partial charge is 0.508 e. The summed E-state index contributed by atoms with van der Waals surface area (Å²) in [6, 6.07) is 12.4. The normalized spacial score (nSPS) is 23.9. The maximum Gasteiger partial charge on any atom is 0.243 e. The Morgan fingerprint density at radius 3 is 2.50 bits per heavy atom. The molecule has 3 heterocycles. The van der Waals surface area contributed by atoms with Crippen LogP contribution in [-0.2, 0) is 35.4 Å². The second kappa shape index (κ2) is 15.0. The number of rotatable bonds is 15. The number of aliphatic hydroxyl groups excluding tert-OH is 1. The lowest BCUT2D eigenvalue weighted by molar-refractivity contribution is -0.119. The number of phenolic OH excluding ortho intramolecular Hbond substituents is 1. The second-order valence-electron chi connectivity index (χ2n) is 11.7. The van der Waals surface area contributed by atoms with Crippen molar-refractivity contribution in [2.24, 2.45) is 11.8 Å². The lowest BCUT2D eigenvalue weighted by atomic mass is 9.96. The number of aliphatic hydroxyl groups is 1. The van der Waals surface area contributed by atoms with E-state index < -0.39 is 22.2 Å². The van der Waals surface area contributed by atoms with E-state index in [2.05, 4.69) is 5.32 Å². The molecular formula is C31H43N3O9S. The van der Waals surface area contributed by atoms with Gasteiger partial charge in [0.05, 0.1) is 44.2 Å². The molecule has 3 N–H and O–H groups in total. The Balaban J connectivity index is 1.32. The van der Waals surface area contributed by atoms with Crippen LogP contribution in [0, 0.1) is 11.8 Å². The van der Waals surface area contributed by atoms with Crippen molar-refractivity contribution in [1.82, 2.24) is 14.5 Å². The molecule has 3 aliphatic heterocycles. The van der Waals surface area contributed by atoms with Gasteiger partial charge >= 0.3 is 0 Å². The molecule has 0 radical (unpaired) electrons. The molecule has 44 heavy (non-hydrogen) atoms. The number of amides is 1. The summed E-state index contributed by atoms with van der Waals surface area (Å²) in [4.78, 5) is 13.0. The zero-order valence-corrected chi connectivity index (χ0v) is 25.8. The number of benzene rings is 2. The van der Waals surface area contributed by atoms with Crippen molar-refractivity contribution >= 4 is 16.4 Å². The van der Waals surface area contributed by atoms with Crippen LogP contribution in [-0.4, -0.2) is 112 Å². The standard InChI is InChI=1S/C31H43N3O9S/c1-40-25-6-8-26(9-7-25)44(38,39)34(17-23-10-13-33(21-35)14-11-23)18-29(37)28(16-22-2-4-24(36)5-3-22)32-20-43-30-19-42-31-27(30)12-15-41-31/h2-9,21,23,27-32,36-37H,10-20H2,1H3/t27-,28-,29+,30?,31+/m0/s1. The van der Waals surface area contributed by atoms with E-state index in [1.165, 1.54) is 23.5 Å². The quantitative estimate of drug-likeness (QED) is 0.195. The Bertz CT molecular complexity index is 1300. The molecule has 5 atom stereocenters. The predicted octanol–water partition coefficient (Wildman–Crippen LogP) is 1.56. The first-order valence-electron chi connectivity index (χ1n) is 15.1. The Morgan fingerprint density at radius 1 is 1.09 bits per heavy atom. The number of methoxy groups -OCH3 is 1. The average Bonchev–Trinajstić information content (AvgIpc) is 3.66.